The van der Waals surface area contributed by atoms with E-state index in [0.717, 1.165) is 13.0 Å². The van der Waals surface area contributed by atoms with Crippen molar-refractivity contribution < 1.29 is 9.53 Å². The molecule has 1 atom stereocenters. The Hall–Kier alpha value is -1.14. The number of hydrogen-bond donors (Lipinski definition) is 0. The summed E-state index contributed by atoms with van der Waals surface area (Å²) < 4.78 is 5.24. The van der Waals surface area contributed by atoms with Crippen molar-refractivity contribution in [1.82, 2.24) is 14.9 Å². The molecule has 1 amide bonds. The molecule has 0 aliphatic carbocycles. The maximum Gasteiger partial charge on any atom is 0.257 e. The molecule has 0 aromatic carbocycles. The molecular weight excluding hydrogens is 238 g/mol. The van der Waals surface area contributed by atoms with E-state index >= 15 is 0 Å². The summed E-state index contributed by atoms with van der Waals surface area (Å²) in [4.78, 5) is 22.1. The lowest BCUT2D eigenvalue weighted by atomic mass is 10.3. The molecule has 1 unspecified atom stereocenters. The number of carbonyl (C=O) groups is 1. The number of methoxy groups -OCH3 is 1. The second-order valence-corrected chi connectivity index (χ2v) is 4.63. The monoisotopic (exact) mass is 253 g/mol. The molecule has 1 aromatic heterocycles. The molecule has 17 heavy (non-hydrogen) atoms. The van der Waals surface area contributed by atoms with Crippen LogP contribution in [0.2, 0.25) is 0 Å². The number of rotatable bonds is 3. The van der Waals surface area contributed by atoms with Gasteiger partial charge in [0.15, 0.2) is 5.16 Å². The third-order valence-electron chi connectivity index (χ3n) is 2.82. The van der Waals surface area contributed by atoms with Gasteiger partial charge in [-0.15, -0.1) is 0 Å². The average molecular weight is 253 g/mol. The van der Waals surface area contributed by atoms with Crippen molar-refractivity contribution in [3.8, 4) is 0 Å². The van der Waals surface area contributed by atoms with E-state index in [1.165, 1.54) is 11.8 Å². The minimum absolute atomic E-state index is 0.0165. The smallest absolute Gasteiger partial charge is 0.257 e. The molecule has 0 N–H and O–H groups in total. The molecule has 0 saturated carbocycles. The van der Waals surface area contributed by atoms with Crippen molar-refractivity contribution in [1.29, 1.82) is 0 Å². The Balaban J connectivity index is 2.04. The van der Waals surface area contributed by atoms with Gasteiger partial charge in [-0.3, -0.25) is 4.79 Å². The highest BCUT2D eigenvalue weighted by atomic mass is 32.2. The van der Waals surface area contributed by atoms with Gasteiger partial charge in [0.2, 0.25) is 0 Å². The zero-order valence-corrected chi connectivity index (χ0v) is 10.7. The van der Waals surface area contributed by atoms with Gasteiger partial charge in [0.1, 0.15) is 0 Å². The van der Waals surface area contributed by atoms with Crippen LogP contribution >= 0.6 is 11.8 Å². The number of amides is 1. The highest BCUT2D eigenvalue weighted by Gasteiger charge is 2.26. The third-order valence-corrected chi connectivity index (χ3v) is 3.40. The van der Waals surface area contributed by atoms with Crippen molar-refractivity contribution in [2.75, 3.05) is 26.5 Å². The molecule has 1 aromatic rings. The van der Waals surface area contributed by atoms with Crippen molar-refractivity contribution >= 4 is 17.7 Å². The molecule has 2 heterocycles. The van der Waals surface area contributed by atoms with Gasteiger partial charge in [0.05, 0.1) is 11.7 Å². The van der Waals surface area contributed by atoms with Crippen molar-refractivity contribution in [2.45, 2.75) is 17.7 Å². The largest absolute Gasteiger partial charge is 0.380 e. The van der Waals surface area contributed by atoms with Crippen LogP contribution in [0.1, 0.15) is 16.8 Å². The summed E-state index contributed by atoms with van der Waals surface area (Å²) in [6.07, 6.45) is 6.13. The minimum Gasteiger partial charge on any atom is -0.380 e. The summed E-state index contributed by atoms with van der Waals surface area (Å²) in [5.41, 5.74) is 0.541. The summed E-state index contributed by atoms with van der Waals surface area (Å²) in [6.45, 7) is 1.39. The SMILES string of the molecule is COC1CCN(C(=O)c2cnc(SC)nc2)C1. The maximum atomic E-state index is 12.1. The average Bonchev–Trinajstić information content (AvgIpc) is 2.87. The first-order valence-corrected chi connectivity index (χ1v) is 6.65. The van der Waals surface area contributed by atoms with Crippen molar-refractivity contribution in [2.24, 2.45) is 0 Å². The van der Waals surface area contributed by atoms with Crippen LogP contribution in [0.5, 0.6) is 0 Å². The number of aromatic nitrogens is 2. The van der Waals surface area contributed by atoms with Gasteiger partial charge in [-0.2, -0.15) is 0 Å². The van der Waals surface area contributed by atoms with E-state index in [4.69, 9.17) is 4.74 Å². The fourth-order valence-electron chi connectivity index (χ4n) is 1.82. The Morgan fingerprint density at radius 3 is 2.76 bits per heavy atom. The van der Waals surface area contributed by atoms with Crippen LogP contribution < -0.4 is 0 Å². The van der Waals surface area contributed by atoms with Crippen LogP contribution in [-0.4, -0.2) is 53.3 Å². The Labute approximate surface area is 105 Å². The van der Waals surface area contributed by atoms with Gasteiger partial charge in [-0.25, -0.2) is 9.97 Å². The van der Waals surface area contributed by atoms with Gasteiger partial charge in [-0.05, 0) is 12.7 Å². The van der Waals surface area contributed by atoms with E-state index in [0.29, 0.717) is 17.3 Å². The zero-order chi connectivity index (χ0) is 12.3. The Bertz CT molecular complexity index is 396. The molecule has 1 aliphatic heterocycles. The molecule has 92 valence electrons. The van der Waals surface area contributed by atoms with Crippen molar-refractivity contribution in [3.63, 3.8) is 0 Å². The Morgan fingerprint density at radius 2 is 2.24 bits per heavy atom. The molecule has 5 nitrogen and oxygen atoms in total. The maximum absolute atomic E-state index is 12.1. The fourth-order valence-corrected chi connectivity index (χ4v) is 2.14. The Morgan fingerprint density at radius 1 is 1.53 bits per heavy atom. The summed E-state index contributed by atoms with van der Waals surface area (Å²) in [6, 6.07) is 0. The lowest BCUT2D eigenvalue weighted by Crippen LogP contribution is -2.30. The van der Waals surface area contributed by atoms with E-state index in [1.807, 2.05) is 6.26 Å². The number of likely N-dealkylation sites (tertiary alicyclic amines) is 1. The summed E-state index contributed by atoms with van der Waals surface area (Å²) in [7, 11) is 1.68. The first kappa shape index (κ1) is 12.3. The second-order valence-electron chi connectivity index (χ2n) is 3.86. The van der Waals surface area contributed by atoms with Crippen LogP contribution in [0, 0.1) is 0 Å². The van der Waals surface area contributed by atoms with Crippen molar-refractivity contribution in [3.05, 3.63) is 18.0 Å². The van der Waals surface area contributed by atoms with E-state index in [-0.39, 0.29) is 12.0 Å². The number of carbonyl (C=O) groups excluding carboxylic acids is 1. The molecule has 1 saturated heterocycles. The van der Waals surface area contributed by atoms with Crippen LogP contribution in [0.3, 0.4) is 0 Å². The predicted molar refractivity (Wildman–Crippen MR) is 65.1 cm³/mol. The highest BCUT2D eigenvalue weighted by Crippen LogP contribution is 2.15. The van der Waals surface area contributed by atoms with E-state index in [9.17, 15) is 4.79 Å². The van der Waals surface area contributed by atoms with Gasteiger partial charge >= 0.3 is 0 Å². The standard InChI is InChI=1S/C11H15N3O2S/c1-16-9-3-4-14(7-9)10(15)8-5-12-11(17-2)13-6-8/h5-6,9H,3-4,7H2,1-2H3. The molecule has 0 spiro atoms. The zero-order valence-electron chi connectivity index (χ0n) is 9.92. The van der Waals surface area contributed by atoms with Gasteiger partial charge in [0.25, 0.3) is 5.91 Å². The first-order valence-electron chi connectivity index (χ1n) is 5.42. The molecule has 1 fully saturated rings. The quantitative estimate of drug-likeness (QED) is 0.595. The van der Waals surface area contributed by atoms with Gasteiger partial charge in [0, 0.05) is 32.6 Å². The molecule has 0 radical (unpaired) electrons. The molecule has 6 heteroatoms. The third kappa shape index (κ3) is 2.76. The van der Waals surface area contributed by atoms with Crippen LogP contribution in [0.15, 0.2) is 17.6 Å². The summed E-state index contributed by atoms with van der Waals surface area (Å²) in [5, 5.41) is 0.678. The Kier molecular flexibility index (Phi) is 3.96. The molecule has 0 bridgehead atoms. The second kappa shape index (κ2) is 5.46. The van der Waals surface area contributed by atoms with Gasteiger partial charge in [-0.1, -0.05) is 11.8 Å². The first-order chi connectivity index (χ1) is 8.24. The number of hydrogen-bond acceptors (Lipinski definition) is 5. The lowest BCUT2D eigenvalue weighted by Gasteiger charge is -2.15. The minimum atomic E-state index is -0.0165. The fraction of sp³-hybridized carbons (Fsp3) is 0.545. The predicted octanol–water partition coefficient (Wildman–Crippen LogP) is 1.06. The molecular formula is C11H15N3O2S. The molecule has 1 aliphatic rings. The van der Waals surface area contributed by atoms with E-state index in [1.54, 1.807) is 24.4 Å². The highest BCUT2D eigenvalue weighted by molar-refractivity contribution is 7.98. The number of ether oxygens (including phenoxy) is 1. The topological polar surface area (TPSA) is 55.3 Å². The van der Waals surface area contributed by atoms with Crippen LogP contribution in [0.4, 0.5) is 0 Å². The number of thioether (sulfide) groups is 1. The van der Waals surface area contributed by atoms with Gasteiger partial charge < -0.3 is 9.64 Å². The van der Waals surface area contributed by atoms with Crippen LogP contribution in [0.25, 0.3) is 0 Å². The lowest BCUT2D eigenvalue weighted by molar-refractivity contribution is 0.0723. The van der Waals surface area contributed by atoms with E-state index in [2.05, 4.69) is 9.97 Å². The molecule has 2 rings (SSSR count). The van der Waals surface area contributed by atoms with E-state index < -0.39 is 0 Å². The van der Waals surface area contributed by atoms with Crippen LogP contribution in [-0.2, 0) is 4.74 Å². The normalized spacial score (nSPS) is 19.6. The summed E-state index contributed by atoms with van der Waals surface area (Å²) >= 11 is 1.46. The number of nitrogens with zero attached hydrogens (tertiary/aromatic N) is 3. The summed E-state index contributed by atoms with van der Waals surface area (Å²) in [5.74, 6) is -0.0165.